The molecule has 1 unspecified atom stereocenters. The maximum atomic E-state index is 5.55. The molecule has 1 atom stereocenters. The van der Waals surface area contributed by atoms with Gasteiger partial charge in [-0.15, -0.1) is 0 Å². The molecule has 1 aromatic heterocycles. The summed E-state index contributed by atoms with van der Waals surface area (Å²) in [6.45, 7) is 6.80. The Hall–Kier alpha value is -1.42. The van der Waals surface area contributed by atoms with E-state index in [2.05, 4.69) is 35.1 Å². The molecule has 1 heterocycles. The lowest BCUT2D eigenvalue weighted by Crippen LogP contribution is -2.06. The van der Waals surface area contributed by atoms with Crippen LogP contribution in [0.15, 0.2) is 39.4 Å². The monoisotopic (exact) mass is 323 g/mol. The van der Waals surface area contributed by atoms with Crippen molar-refractivity contribution < 1.29 is 9.15 Å². The number of nitrogens with one attached hydrogen (secondary N) is 1. The lowest BCUT2D eigenvalue weighted by molar-refractivity contribution is 0.340. The third kappa shape index (κ3) is 3.53. The Balaban J connectivity index is 2.10. The molecule has 0 aliphatic rings. The maximum absolute atomic E-state index is 5.55. The number of ether oxygens (including phenoxy) is 1. The minimum absolute atomic E-state index is 0.114. The topological polar surface area (TPSA) is 34.4 Å². The summed E-state index contributed by atoms with van der Waals surface area (Å²) in [7, 11) is 0. The van der Waals surface area contributed by atoms with E-state index < -0.39 is 0 Å². The van der Waals surface area contributed by atoms with Crippen LogP contribution < -0.4 is 10.1 Å². The maximum Gasteiger partial charge on any atom is 0.169 e. The van der Waals surface area contributed by atoms with Crippen molar-refractivity contribution in [1.82, 2.24) is 0 Å². The van der Waals surface area contributed by atoms with Crippen molar-refractivity contribution in [2.45, 2.75) is 26.8 Å². The van der Waals surface area contributed by atoms with E-state index >= 15 is 0 Å². The van der Waals surface area contributed by atoms with Gasteiger partial charge in [0, 0.05) is 5.69 Å². The van der Waals surface area contributed by atoms with E-state index in [0.717, 1.165) is 27.4 Å². The number of hydrogen-bond donors (Lipinski definition) is 1. The highest BCUT2D eigenvalue weighted by Crippen LogP contribution is 2.27. The molecule has 0 amide bonds. The predicted octanol–water partition coefficient (Wildman–Crippen LogP) is 4.92. The van der Waals surface area contributed by atoms with Gasteiger partial charge in [-0.3, -0.25) is 0 Å². The van der Waals surface area contributed by atoms with Gasteiger partial charge in [0.05, 0.1) is 12.6 Å². The standard InChI is InChI=1S/C15H18BrNO2/c1-4-18-12-5-6-13(10(2)9-12)17-11(3)14-7-8-15(16)19-14/h5-9,11,17H,4H2,1-3H3. The third-order valence-electron chi connectivity index (χ3n) is 2.90. The lowest BCUT2D eigenvalue weighted by atomic mass is 10.1. The second-order valence-electron chi connectivity index (χ2n) is 4.42. The highest BCUT2D eigenvalue weighted by atomic mass is 79.9. The van der Waals surface area contributed by atoms with Gasteiger partial charge in [-0.2, -0.15) is 0 Å². The van der Waals surface area contributed by atoms with Gasteiger partial charge in [0.1, 0.15) is 11.5 Å². The van der Waals surface area contributed by atoms with E-state index in [1.807, 2.05) is 37.3 Å². The Kier molecular flexibility index (Phi) is 4.53. The summed E-state index contributed by atoms with van der Waals surface area (Å²) < 4.78 is 11.8. The molecular formula is C15H18BrNO2. The van der Waals surface area contributed by atoms with E-state index in [-0.39, 0.29) is 6.04 Å². The van der Waals surface area contributed by atoms with Crippen molar-refractivity contribution in [2.75, 3.05) is 11.9 Å². The molecule has 0 radical (unpaired) electrons. The first-order valence-electron chi connectivity index (χ1n) is 6.35. The molecule has 0 spiro atoms. The largest absolute Gasteiger partial charge is 0.494 e. The van der Waals surface area contributed by atoms with Gasteiger partial charge in [-0.25, -0.2) is 0 Å². The zero-order chi connectivity index (χ0) is 13.8. The number of hydrogen-bond acceptors (Lipinski definition) is 3. The van der Waals surface area contributed by atoms with Gasteiger partial charge in [0.2, 0.25) is 0 Å². The van der Waals surface area contributed by atoms with Gasteiger partial charge < -0.3 is 14.5 Å². The average Bonchev–Trinajstić information content (AvgIpc) is 2.80. The minimum Gasteiger partial charge on any atom is -0.494 e. The molecule has 0 aliphatic carbocycles. The SMILES string of the molecule is CCOc1ccc(NC(C)c2ccc(Br)o2)c(C)c1. The van der Waals surface area contributed by atoms with Crippen molar-refractivity contribution in [3.63, 3.8) is 0 Å². The minimum atomic E-state index is 0.114. The summed E-state index contributed by atoms with van der Waals surface area (Å²) in [5.74, 6) is 1.80. The van der Waals surface area contributed by atoms with Crippen LogP contribution in [0.3, 0.4) is 0 Å². The van der Waals surface area contributed by atoms with Crippen LogP contribution in [0.25, 0.3) is 0 Å². The van der Waals surface area contributed by atoms with Gasteiger partial charge in [0.25, 0.3) is 0 Å². The van der Waals surface area contributed by atoms with Crippen molar-refractivity contribution in [2.24, 2.45) is 0 Å². The van der Waals surface area contributed by atoms with E-state index in [9.17, 15) is 0 Å². The average molecular weight is 324 g/mol. The number of anilines is 1. The number of halogens is 1. The highest BCUT2D eigenvalue weighted by molar-refractivity contribution is 9.10. The van der Waals surface area contributed by atoms with Crippen LogP contribution in [-0.4, -0.2) is 6.61 Å². The molecule has 0 bridgehead atoms. The fraction of sp³-hybridized carbons (Fsp3) is 0.333. The Morgan fingerprint density at radius 2 is 2.11 bits per heavy atom. The molecule has 2 rings (SSSR count). The number of aryl methyl sites for hydroxylation is 1. The zero-order valence-corrected chi connectivity index (χ0v) is 13.0. The molecule has 3 nitrogen and oxygen atoms in total. The zero-order valence-electron chi connectivity index (χ0n) is 11.4. The van der Waals surface area contributed by atoms with E-state index in [4.69, 9.17) is 9.15 Å². The van der Waals surface area contributed by atoms with Gasteiger partial charge in [-0.1, -0.05) is 0 Å². The Bertz CT molecular complexity index is 551. The van der Waals surface area contributed by atoms with Crippen molar-refractivity contribution >= 4 is 21.6 Å². The third-order valence-corrected chi connectivity index (χ3v) is 3.33. The van der Waals surface area contributed by atoms with Crippen LogP contribution in [0.4, 0.5) is 5.69 Å². The van der Waals surface area contributed by atoms with E-state index in [1.54, 1.807) is 0 Å². The van der Waals surface area contributed by atoms with Gasteiger partial charge in [-0.05, 0) is 72.6 Å². The molecule has 0 saturated carbocycles. The van der Waals surface area contributed by atoms with Crippen molar-refractivity contribution in [3.05, 3.63) is 46.3 Å². The van der Waals surface area contributed by atoms with Crippen LogP contribution in [-0.2, 0) is 0 Å². The smallest absolute Gasteiger partial charge is 0.169 e. The molecule has 1 N–H and O–H groups in total. The second-order valence-corrected chi connectivity index (χ2v) is 5.20. The van der Waals surface area contributed by atoms with E-state index in [0.29, 0.717) is 6.61 Å². The fourth-order valence-electron chi connectivity index (χ4n) is 1.92. The summed E-state index contributed by atoms with van der Waals surface area (Å²) in [5, 5.41) is 3.44. The van der Waals surface area contributed by atoms with Crippen LogP contribution >= 0.6 is 15.9 Å². The summed E-state index contributed by atoms with van der Waals surface area (Å²) in [5.41, 5.74) is 2.24. The summed E-state index contributed by atoms with van der Waals surface area (Å²) in [4.78, 5) is 0. The molecule has 2 aromatic rings. The molecule has 1 aromatic carbocycles. The quantitative estimate of drug-likeness (QED) is 0.847. The van der Waals surface area contributed by atoms with Crippen LogP contribution in [0.5, 0.6) is 5.75 Å². The molecule has 0 fully saturated rings. The number of furan rings is 1. The van der Waals surface area contributed by atoms with Gasteiger partial charge in [0.15, 0.2) is 4.67 Å². The summed E-state index contributed by atoms with van der Waals surface area (Å²) >= 11 is 3.32. The summed E-state index contributed by atoms with van der Waals surface area (Å²) in [6, 6.07) is 10.0. The predicted molar refractivity (Wildman–Crippen MR) is 80.8 cm³/mol. The molecule has 0 saturated heterocycles. The first-order chi connectivity index (χ1) is 9.10. The number of rotatable bonds is 5. The molecular weight excluding hydrogens is 306 g/mol. The molecule has 19 heavy (non-hydrogen) atoms. The Morgan fingerprint density at radius 3 is 2.68 bits per heavy atom. The lowest BCUT2D eigenvalue weighted by Gasteiger charge is -2.16. The van der Waals surface area contributed by atoms with Crippen LogP contribution in [0.1, 0.15) is 31.2 Å². The van der Waals surface area contributed by atoms with Gasteiger partial charge >= 0.3 is 0 Å². The number of benzene rings is 1. The van der Waals surface area contributed by atoms with Crippen LogP contribution in [0, 0.1) is 6.92 Å². The normalized spacial score (nSPS) is 12.2. The molecule has 0 aliphatic heterocycles. The highest BCUT2D eigenvalue weighted by Gasteiger charge is 2.11. The molecule has 4 heteroatoms. The van der Waals surface area contributed by atoms with Crippen LogP contribution in [0.2, 0.25) is 0 Å². The molecule has 102 valence electrons. The van der Waals surface area contributed by atoms with Crippen molar-refractivity contribution in [1.29, 1.82) is 0 Å². The summed E-state index contributed by atoms with van der Waals surface area (Å²) in [6.07, 6.45) is 0. The fourth-order valence-corrected chi connectivity index (χ4v) is 2.24. The Labute approximate surface area is 122 Å². The first kappa shape index (κ1) is 14.0. The van der Waals surface area contributed by atoms with Crippen molar-refractivity contribution in [3.8, 4) is 5.75 Å². The van der Waals surface area contributed by atoms with E-state index in [1.165, 1.54) is 0 Å². The second kappa shape index (κ2) is 6.15. The first-order valence-corrected chi connectivity index (χ1v) is 7.14. The Morgan fingerprint density at radius 1 is 1.32 bits per heavy atom.